The lowest BCUT2D eigenvalue weighted by molar-refractivity contribution is 0.1000. The molecule has 0 unspecified atom stereocenters. The Bertz CT molecular complexity index is 1010. The first kappa shape index (κ1) is 19.5. The van der Waals surface area contributed by atoms with Crippen LogP contribution in [0.2, 0.25) is 5.02 Å². The number of hydrogen-bond acceptors (Lipinski definition) is 6. The first-order valence-corrected chi connectivity index (χ1v) is 10.2. The van der Waals surface area contributed by atoms with Gasteiger partial charge in [0.2, 0.25) is 5.91 Å². The third-order valence-corrected chi connectivity index (χ3v) is 5.59. The van der Waals surface area contributed by atoms with E-state index in [0.717, 1.165) is 11.1 Å². The molecule has 0 aliphatic carbocycles. The molecular formula is C18H15ClN4O2S2. The molecule has 0 bridgehead atoms. The van der Waals surface area contributed by atoms with E-state index in [1.54, 1.807) is 18.2 Å². The first-order valence-electron chi connectivity index (χ1n) is 7.87. The predicted octanol–water partition coefficient (Wildman–Crippen LogP) is 3.50. The number of aromatic amines is 1. The summed E-state index contributed by atoms with van der Waals surface area (Å²) in [5.74, 6) is 0.691. The van der Waals surface area contributed by atoms with Gasteiger partial charge in [-0.1, -0.05) is 59.4 Å². The Kier molecular flexibility index (Phi) is 6.54. The summed E-state index contributed by atoms with van der Waals surface area (Å²) in [5, 5.41) is 1.55. The molecule has 1 aromatic heterocycles. The Balaban J connectivity index is 1.66. The highest BCUT2D eigenvalue weighted by Gasteiger charge is 2.07. The number of thioether (sulfide) groups is 2. The van der Waals surface area contributed by atoms with Crippen LogP contribution in [0.15, 0.2) is 63.6 Å². The Hall–Kier alpha value is -2.29. The smallest absolute Gasteiger partial charge is 0.349 e. The van der Waals surface area contributed by atoms with Gasteiger partial charge in [0.15, 0.2) is 10.3 Å². The van der Waals surface area contributed by atoms with E-state index >= 15 is 0 Å². The van der Waals surface area contributed by atoms with E-state index in [9.17, 15) is 9.59 Å². The maximum absolute atomic E-state index is 11.8. The monoisotopic (exact) mass is 418 g/mol. The van der Waals surface area contributed by atoms with E-state index in [-0.39, 0.29) is 0 Å². The van der Waals surface area contributed by atoms with Crippen LogP contribution in [0.5, 0.6) is 0 Å². The maximum atomic E-state index is 11.8. The predicted molar refractivity (Wildman–Crippen MR) is 108 cm³/mol. The van der Waals surface area contributed by atoms with Crippen molar-refractivity contribution in [1.29, 1.82) is 0 Å². The van der Waals surface area contributed by atoms with Crippen molar-refractivity contribution in [2.75, 3.05) is 0 Å². The zero-order chi connectivity index (χ0) is 19.2. The van der Waals surface area contributed by atoms with Gasteiger partial charge in [0, 0.05) is 22.1 Å². The number of carbonyl (C=O) groups excluding carboxylic acids is 1. The van der Waals surface area contributed by atoms with Crippen LogP contribution >= 0.6 is 35.1 Å². The second-order valence-corrected chi connectivity index (χ2v) is 7.85. The van der Waals surface area contributed by atoms with Crippen molar-refractivity contribution in [3.63, 3.8) is 0 Å². The molecule has 9 heteroatoms. The molecule has 0 aliphatic rings. The highest BCUT2D eigenvalue weighted by molar-refractivity contribution is 7.99. The number of rotatable bonds is 7. The number of nitrogens with two attached hydrogens (primary N) is 1. The van der Waals surface area contributed by atoms with Crippen molar-refractivity contribution in [2.45, 2.75) is 21.8 Å². The van der Waals surface area contributed by atoms with Crippen molar-refractivity contribution >= 4 is 41.0 Å². The summed E-state index contributed by atoms with van der Waals surface area (Å²) in [5.41, 5.74) is 7.26. The number of amides is 1. The van der Waals surface area contributed by atoms with Crippen LogP contribution in [0.3, 0.4) is 0 Å². The number of aromatic nitrogens is 3. The largest absolute Gasteiger partial charge is 0.366 e. The lowest BCUT2D eigenvalue weighted by Gasteiger charge is -2.05. The van der Waals surface area contributed by atoms with Crippen LogP contribution in [-0.4, -0.2) is 20.9 Å². The first-order chi connectivity index (χ1) is 13.0. The Morgan fingerprint density at radius 3 is 2.52 bits per heavy atom. The molecule has 0 saturated heterocycles. The van der Waals surface area contributed by atoms with Crippen molar-refractivity contribution in [2.24, 2.45) is 5.73 Å². The molecule has 0 spiro atoms. The molecule has 0 radical (unpaired) electrons. The van der Waals surface area contributed by atoms with E-state index in [1.807, 2.05) is 30.3 Å². The van der Waals surface area contributed by atoms with E-state index < -0.39 is 11.6 Å². The Morgan fingerprint density at radius 2 is 1.78 bits per heavy atom. The van der Waals surface area contributed by atoms with Crippen LogP contribution in [-0.2, 0) is 11.5 Å². The molecule has 0 saturated carbocycles. The van der Waals surface area contributed by atoms with Crippen molar-refractivity contribution < 1.29 is 4.79 Å². The second kappa shape index (κ2) is 9.07. The molecule has 0 aliphatic heterocycles. The fraction of sp³-hybridized carbons (Fsp3) is 0.111. The van der Waals surface area contributed by atoms with Gasteiger partial charge in [0.25, 0.3) is 0 Å². The summed E-state index contributed by atoms with van der Waals surface area (Å²) < 4.78 is 0. The quantitative estimate of drug-likeness (QED) is 0.569. The van der Waals surface area contributed by atoms with Gasteiger partial charge in [0.05, 0.1) is 0 Å². The fourth-order valence-electron chi connectivity index (χ4n) is 2.17. The van der Waals surface area contributed by atoms with Gasteiger partial charge in [-0.15, -0.1) is 0 Å². The number of nitrogens with zero attached hydrogens (tertiary/aromatic N) is 2. The van der Waals surface area contributed by atoms with Gasteiger partial charge >= 0.3 is 5.69 Å². The van der Waals surface area contributed by atoms with Gasteiger partial charge in [-0.2, -0.15) is 9.97 Å². The minimum absolute atomic E-state index is 0.377. The molecule has 6 nitrogen and oxygen atoms in total. The summed E-state index contributed by atoms with van der Waals surface area (Å²) in [4.78, 5) is 34.0. The number of hydrogen-bond donors (Lipinski definition) is 2. The van der Waals surface area contributed by atoms with Gasteiger partial charge in [-0.05, 0) is 35.4 Å². The zero-order valence-corrected chi connectivity index (χ0v) is 16.4. The molecular weight excluding hydrogens is 404 g/mol. The summed E-state index contributed by atoms with van der Waals surface area (Å²) in [7, 11) is 0. The third kappa shape index (κ3) is 5.85. The zero-order valence-electron chi connectivity index (χ0n) is 14.0. The topological polar surface area (TPSA) is 102 Å². The molecule has 2 aromatic carbocycles. The van der Waals surface area contributed by atoms with Crippen LogP contribution < -0.4 is 11.4 Å². The summed E-state index contributed by atoms with van der Waals surface area (Å²) >= 11 is 8.61. The van der Waals surface area contributed by atoms with Crippen molar-refractivity contribution in [1.82, 2.24) is 15.0 Å². The van der Waals surface area contributed by atoms with Crippen LogP contribution in [0.1, 0.15) is 21.5 Å². The van der Waals surface area contributed by atoms with Gasteiger partial charge in [0.1, 0.15) is 0 Å². The number of carbonyl (C=O) groups is 1. The minimum atomic E-state index is -0.477. The number of H-pyrrole nitrogens is 1. The SMILES string of the molecule is NC(=O)c1cccc(CSc2nc(SCc3ccc(Cl)cc3)[nH]c(=O)n2)c1. The summed E-state index contributed by atoms with van der Waals surface area (Å²) in [6.07, 6.45) is 0. The van der Waals surface area contributed by atoms with Crippen LogP contribution in [0, 0.1) is 0 Å². The molecule has 3 aromatic rings. The molecule has 1 heterocycles. The molecule has 138 valence electrons. The highest BCUT2D eigenvalue weighted by Crippen LogP contribution is 2.23. The van der Waals surface area contributed by atoms with E-state index in [0.29, 0.717) is 32.4 Å². The molecule has 0 fully saturated rings. The molecule has 0 atom stereocenters. The lowest BCUT2D eigenvalue weighted by Crippen LogP contribution is -2.14. The van der Waals surface area contributed by atoms with Crippen molar-refractivity contribution in [3.8, 4) is 0 Å². The Labute approximate surface area is 169 Å². The standard InChI is InChI=1S/C18H15ClN4O2S2/c19-14-6-4-11(5-7-14)9-26-17-21-16(25)22-18(23-17)27-10-12-2-1-3-13(8-12)15(20)24/h1-8H,9-10H2,(H2,20,24)(H,21,22,23,25). The van der Waals surface area contributed by atoms with E-state index in [4.69, 9.17) is 17.3 Å². The fourth-order valence-corrected chi connectivity index (χ4v) is 3.94. The molecule has 3 N–H and O–H groups in total. The van der Waals surface area contributed by atoms with Gasteiger partial charge < -0.3 is 5.73 Å². The minimum Gasteiger partial charge on any atom is -0.366 e. The maximum Gasteiger partial charge on any atom is 0.349 e. The van der Waals surface area contributed by atoms with Gasteiger partial charge in [-0.3, -0.25) is 9.78 Å². The lowest BCUT2D eigenvalue weighted by atomic mass is 10.1. The Morgan fingerprint density at radius 1 is 1.04 bits per heavy atom. The number of halogens is 1. The van der Waals surface area contributed by atoms with Crippen LogP contribution in [0.4, 0.5) is 0 Å². The molecule has 1 amide bonds. The molecule has 27 heavy (non-hydrogen) atoms. The highest BCUT2D eigenvalue weighted by atomic mass is 35.5. The average Bonchev–Trinajstić information content (AvgIpc) is 2.66. The summed E-state index contributed by atoms with van der Waals surface area (Å²) in [6.45, 7) is 0. The normalized spacial score (nSPS) is 10.7. The van der Waals surface area contributed by atoms with E-state index in [2.05, 4.69) is 15.0 Å². The van der Waals surface area contributed by atoms with Gasteiger partial charge in [-0.25, -0.2) is 4.79 Å². The van der Waals surface area contributed by atoms with Crippen molar-refractivity contribution in [3.05, 3.63) is 80.7 Å². The van der Waals surface area contributed by atoms with E-state index in [1.165, 1.54) is 23.5 Å². The number of primary amides is 1. The third-order valence-electron chi connectivity index (χ3n) is 3.48. The molecule has 3 rings (SSSR count). The van der Waals surface area contributed by atoms with Crippen LogP contribution in [0.25, 0.3) is 0 Å². The summed E-state index contributed by atoms with van der Waals surface area (Å²) in [6, 6.07) is 14.5. The number of nitrogens with one attached hydrogen (secondary N) is 1. The average molecular weight is 419 g/mol. The number of benzene rings is 2. The second-order valence-electron chi connectivity index (χ2n) is 5.51.